The minimum atomic E-state index is -0.220. The van der Waals surface area contributed by atoms with E-state index in [0.717, 1.165) is 36.9 Å². The highest BCUT2D eigenvalue weighted by Crippen LogP contribution is 2.49. The maximum absolute atomic E-state index is 14.1. The number of Topliss-reactive ketones (excluding diaryl/α,β-unsaturated/α-hetero) is 1. The van der Waals surface area contributed by atoms with E-state index >= 15 is 0 Å². The Balaban J connectivity index is 1.54. The summed E-state index contributed by atoms with van der Waals surface area (Å²) in [4.78, 5) is 39.4. The molecule has 3 aliphatic carbocycles. The number of aromatic nitrogens is 1. The van der Waals surface area contributed by atoms with Crippen molar-refractivity contribution in [2.45, 2.75) is 109 Å². The maximum atomic E-state index is 14.1. The van der Waals surface area contributed by atoms with Crippen molar-refractivity contribution in [1.29, 1.82) is 0 Å². The van der Waals surface area contributed by atoms with Crippen LogP contribution in [0.25, 0.3) is 5.69 Å². The van der Waals surface area contributed by atoms with E-state index < -0.39 is 0 Å². The van der Waals surface area contributed by atoms with Gasteiger partial charge >= 0.3 is 5.97 Å². The summed E-state index contributed by atoms with van der Waals surface area (Å²) < 4.78 is 6.85. The molecule has 0 spiro atoms. The van der Waals surface area contributed by atoms with Crippen molar-refractivity contribution in [3.8, 4) is 5.69 Å². The second-order valence-corrected chi connectivity index (χ2v) is 13.5. The summed E-state index contributed by atoms with van der Waals surface area (Å²) in [6.45, 7) is 10.9. The number of methoxy groups -OCH3 is 1. The van der Waals surface area contributed by atoms with Gasteiger partial charge in [0.05, 0.1) is 24.3 Å². The summed E-state index contributed by atoms with van der Waals surface area (Å²) in [5.74, 6) is -0.404. The molecule has 3 aliphatic rings. The Morgan fingerprint density at radius 1 is 1.00 bits per heavy atom. The molecule has 1 amide bonds. The number of carbonyl (C=O) groups excluding carboxylic acids is 3. The summed E-state index contributed by atoms with van der Waals surface area (Å²) in [6.07, 6.45) is 10.5. The van der Waals surface area contributed by atoms with E-state index in [0.29, 0.717) is 24.1 Å². The molecular formula is C33H44N2O4. The average molecular weight is 533 g/mol. The third-order valence-electron chi connectivity index (χ3n) is 9.48. The van der Waals surface area contributed by atoms with E-state index in [2.05, 4.69) is 51.2 Å². The van der Waals surface area contributed by atoms with Crippen molar-refractivity contribution in [1.82, 2.24) is 9.88 Å². The summed E-state index contributed by atoms with van der Waals surface area (Å²) >= 11 is 0. The van der Waals surface area contributed by atoms with Gasteiger partial charge in [0.15, 0.2) is 5.78 Å². The van der Waals surface area contributed by atoms with Crippen LogP contribution in [0, 0.1) is 18.8 Å². The number of ether oxygens (including phenoxy) is 1. The predicted octanol–water partition coefficient (Wildman–Crippen LogP) is 6.58. The molecule has 39 heavy (non-hydrogen) atoms. The summed E-state index contributed by atoms with van der Waals surface area (Å²) in [7, 11) is 1.40. The van der Waals surface area contributed by atoms with Crippen LogP contribution in [-0.2, 0) is 20.4 Å². The number of amides is 1. The topological polar surface area (TPSA) is 77.4 Å². The van der Waals surface area contributed by atoms with Gasteiger partial charge in [0, 0.05) is 23.8 Å². The number of nitrogens with zero attached hydrogens (tertiary/aromatic N) is 1. The van der Waals surface area contributed by atoms with Crippen molar-refractivity contribution in [2.75, 3.05) is 7.11 Å². The monoisotopic (exact) mass is 532 g/mol. The summed E-state index contributed by atoms with van der Waals surface area (Å²) in [5, 5.41) is 3.10. The molecule has 6 nitrogen and oxygen atoms in total. The molecule has 6 heteroatoms. The molecule has 0 bridgehead atoms. The SMILES string of the molecule is COC(=O)C1CC(NC(=O)c2cn(-c3cc(C(C)(C)C)cc(C4(C)CC4)c3)c(C(=O)C3CCCCC3)c2C)C1. The predicted molar refractivity (Wildman–Crippen MR) is 153 cm³/mol. The van der Waals surface area contributed by atoms with Gasteiger partial charge in [-0.3, -0.25) is 14.4 Å². The van der Waals surface area contributed by atoms with Gasteiger partial charge in [-0.05, 0) is 85.1 Å². The highest BCUT2D eigenvalue weighted by molar-refractivity contribution is 6.04. The highest BCUT2D eigenvalue weighted by Gasteiger charge is 2.40. The Hall–Kier alpha value is -2.89. The van der Waals surface area contributed by atoms with Crippen LogP contribution >= 0.6 is 0 Å². The van der Waals surface area contributed by atoms with E-state index in [9.17, 15) is 14.4 Å². The molecule has 1 N–H and O–H groups in total. The van der Waals surface area contributed by atoms with Crippen molar-refractivity contribution >= 4 is 17.7 Å². The fraction of sp³-hybridized carbons (Fsp3) is 0.606. The summed E-state index contributed by atoms with van der Waals surface area (Å²) in [6, 6.07) is 6.69. The zero-order chi connectivity index (χ0) is 28.1. The minimum absolute atomic E-state index is 0.000626. The Morgan fingerprint density at radius 2 is 1.67 bits per heavy atom. The van der Waals surface area contributed by atoms with Gasteiger partial charge in [0.25, 0.3) is 5.91 Å². The molecule has 1 aromatic heterocycles. The number of hydrogen-bond donors (Lipinski definition) is 1. The molecule has 3 fully saturated rings. The third-order valence-corrected chi connectivity index (χ3v) is 9.48. The van der Waals surface area contributed by atoms with Gasteiger partial charge in [-0.2, -0.15) is 0 Å². The number of nitrogens with one attached hydrogen (secondary N) is 1. The quantitative estimate of drug-likeness (QED) is 0.323. The maximum Gasteiger partial charge on any atom is 0.308 e. The van der Waals surface area contributed by atoms with Crippen LogP contribution < -0.4 is 5.32 Å². The molecule has 1 heterocycles. The van der Waals surface area contributed by atoms with Crippen molar-refractivity contribution in [3.63, 3.8) is 0 Å². The molecule has 0 unspecified atom stereocenters. The van der Waals surface area contributed by atoms with Crippen LogP contribution in [0.2, 0.25) is 0 Å². The number of ketones is 1. The Labute approximate surface area is 232 Å². The number of esters is 1. The molecule has 0 atom stereocenters. The van der Waals surface area contributed by atoms with Crippen LogP contribution in [0.15, 0.2) is 24.4 Å². The zero-order valence-corrected chi connectivity index (χ0v) is 24.5. The molecule has 0 aliphatic heterocycles. The molecule has 2 aromatic rings. The van der Waals surface area contributed by atoms with Crippen LogP contribution in [0.3, 0.4) is 0 Å². The highest BCUT2D eigenvalue weighted by atomic mass is 16.5. The zero-order valence-electron chi connectivity index (χ0n) is 24.5. The number of rotatable bonds is 7. The van der Waals surface area contributed by atoms with Gasteiger partial charge in [-0.15, -0.1) is 0 Å². The number of benzene rings is 1. The first-order chi connectivity index (χ1) is 18.4. The van der Waals surface area contributed by atoms with Gasteiger partial charge in [0.2, 0.25) is 0 Å². The van der Waals surface area contributed by atoms with Crippen LogP contribution in [-0.4, -0.2) is 35.4 Å². The first kappa shape index (κ1) is 27.7. The second-order valence-electron chi connectivity index (χ2n) is 13.5. The fourth-order valence-electron chi connectivity index (χ4n) is 6.26. The van der Waals surface area contributed by atoms with Gasteiger partial charge in [-0.1, -0.05) is 53.0 Å². The molecule has 5 rings (SSSR count). The van der Waals surface area contributed by atoms with E-state index in [4.69, 9.17) is 4.74 Å². The second kappa shape index (κ2) is 10.3. The normalized spacial score (nSPS) is 22.6. The van der Waals surface area contributed by atoms with Gasteiger partial charge in [-0.25, -0.2) is 0 Å². The lowest BCUT2D eigenvalue weighted by molar-refractivity contribution is -0.149. The molecular weight excluding hydrogens is 488 g/mol. The lowest BCUT2D eigenvalue weighted by atomic mass is 9.80. The lowest BCUT2D eigenvalue weighted by Crippen LogP contribution is -2.47. The first-order valence-corrected chi connectivity index (χ1v) is 14.7. The molecule has 210 valence electrons. The molecule has 3 saturated carbocycles. The molecule has 0 saturated heterocycles. The minimum Gasteiger partial charge on any atom is -0.469 e. The number of hydrogen-bond acceptors (Lipinski definition) is 4. The Kier molecular flexibility index (Phi) is 7.28. The van der Waals surface area contributed by atoms with Crippen LogP contribution in [0.4, 0.5) is 0 Å². The van der Waals surface area contributed by atoms with Crippen molar-refractivity contribution in [3.05, 3.63) is 52.3 Å². The summed E-state index contributed by atoms with van der Waals surface area (Å²) in [5.41, 5.74) is 5.55. The van der Waals surface area contributed by atoms with Crippen LogP contribution in [0.1, 0.15) is 123 Å². The fourth-order valence-corrected chi connectivity index (χ4v) is 6.26. The van der Waals surface area contributed by atoms with E-state index in [-0.39, 0.29) is 46.4 Å². The van der Waals surface area contributed by atoms with E-state index in [1.165, 1.54) is 37.5 Å². The molecule has 0 radical (unpaired) electrons. The lowest BCUT2D eigenvalue weighted by Gasteiger charge is -2.33. The van der Waals surface area contributed by atoms with E-state index in [1.54, 1.807) is 0 Å². The van der Waals surface area contributed by atoms with Crippen molar-refractivity contribution in [2.24, 2.45) is 11.8 Å². The number of carbonyl (C=O) groups is 3. The molecule has 1 aromatic carbocycles. The average Bonchev–Trinajstić information content (AvgIpc) is 3.55. The van der Waals surface area contributed by atoms with E-state index in [1.807, 2.05) is 17.7 Å². The largest absolute Gasteiger partial charge is 0.469 e. The van der Waals surface area contributed by atoms with Crippen molar-refractivity contribution < 1.29 is 19.1 Å². The Bertz CT molecular complexity index is 1260. The third kappa shape index (κ3) is 5.44. The smallest absolute Gasteiger partial charge is 0.308 e. The standard InChI is InChI=1S/C33H44N2O4/c1-20-27(30(37)34-25-14-22(15-25)31(38)39-6)19-35(28(20)29(36)21-10-8-7-9-11-21)26-17-23(32(2,3)4)16-24(18-26)33(5)12-13-33/h16-19,21-22,25H,7-15H2,1-6H3,(H,34,37). The Morgan fingerprint density at radius 3 is 2.26 bits per heavy atom. The van der Waals surface area contributed by atoms with Gasteiger partial charge in [0.1, 0.15) is 0 Å². The van der Waals surface area contributed by atoms with Crippen LogP contribution in [0.5, 0.6) is 0 Å². The first-order valence-electron chi connectivity index (χ1n) is 14.7. The van der Waals surface area contributed by atoms with Gasteiger partial charge < -0.3 is 14.6 Å².